The molecule has 4 aromatic rings. The molecule has 2 aliphatic rings. The number of carbonyl (C=O) groups excluding carboxylic acids is 2. The lowest BCUT2D eigenvalue weighted by molar-refractivity contribution is -0.121. The van der Waals surface area contributed by atoms with Crippen molar-refractivity contribution >= 4 is 28.4 Å². The molecule has 1 atom stereocenters. The Morgan fingerprint density at radius 3 is 2.61 bits per heavy atom. The van der Waals surface area contributed by atoms with Crippen LogP contribution >= 0.6 is 0 Å². The number of aromatic nitrogens is 3. The van der Waals surface area contributed by atoms with E-state index in [0.717, 1.165) is 51.2 Å². The van der Waals surface area contributed by atoms with Gasteiger partial charge >= 0.3 is 0 Å². The number of benzene rings is 2. The van der Waals surface area contributed by atoms with Crippen LogP contribution in [0.2, 0.25) is 0 Å². The Bertz CT molecular complexity index is 1530. The van der Waals surface area contributed by atoms with Gasteiger partial charge in [-0.05, 0) is 44.0 Å². The van der Waals surface area contributed by atoms with E-state index in [4.69, 9.17) is 0 Å². The van der Waals surface area contributed by atoms with E-state index in [2.05, 4.69) is 32.0 Å². The molecule has 0 aliphatic carbocycles. The lowest BCUT2D eigenvalue weighted by Crippen LogP contribution is -2.51. The summed E-state index contributed by atoms with van der Waals surface area (Å²) in [5.41, 5.74) is 7.93. The lowest BCUT2D eigenvalue weighted by atomic mass is 9.96. The standard InChI is InChI=1S/C28H30N6O2/c1-17-22(18(2)32(4)30-17)15-29-25(35)16-34-24-12-8-5-9-19(24)20-13-14-33-27(26(20)34)31(3)23-11-7-6-10-21(23)28(33)36/h5-12,27H,13-16H2,1-4H3,(H,29,35). The van der Waals surface area contributed by atoms with Gasteiger partial charge in [-0.15, -0.1) is 0 Å². The quantitative estimate of drug-likeness (QED) is 0.484. The predicted molar refractivity (Wildman–Crippen MR) is 139 cm³/mol. The predicted octanol–water partition coefficient (Wildman–Crippen LogP) is 3.45. The molecule has 1 N–H and O–H groups in total. The van der Waals surface area contributed by atoms with Crippen molar-refractivity contribution in [1.82, 2.24) is 24.6 Å². The zero-order valence-electron chi connectivity index (χ0n) is 21.1. The molecule has 2 aliphatic heterocycles. The summed E-state index contributed by atoms with van der Waals surface area (Å²) in [4.78, 5) is 30.9. The van der Waals surface area contributed by atoms with E-state index in [1.165, 1.54) is 5.56 Å². The summed E-state index contributed by atoms with van der Waals surface area (Å²) >= 11 is 0. The van der Waals surface area contributed by atoms with Crippen molar-refractivity contribution in [3.8, 4) is 0 Å². The summed E-state index contributed by atoms with van der Waals surface area (Å²) in [5, 5.41) is 8.71. The Morgan fingerprint density at radius 2 is 1.83 bits per heavy atom. The average Bonchev–Trinajstić information content (AvgIpc) is 3.33. The molecule has 0 bridgehead atoms. The lowest BCUT2D eigenvalue weighted by Gasteiger charge is -2.46. The molecule has 0 fully saturated rings. The smallest absolute Gasteiger partial charge is 0.257 e. The van der Waals surface area contributed by atoms with Crippen molar-refractivity contribution in [2.75, 3.05) is 18.5 Å². The van der Waals surface area contributed by atoms with Crippen molar-refractivity contribution in [3.05, 3.63) is 82.3 Å². The number of rotatable bonds is 4. The number of anilines is 1. The minimum Gasteiger partial charge on any atom is -0.350 e. The van der Waals surface area contributed by atoms with Crippen LogP contribution in [-0.4, -0.2) is 44.7 Å². The fraction of sp³-hybridized carbons (Fsp3) is 0.321. The average molecular weight is 483 g/mol. The Kier molecular flexibility index (Phi) is 5.14. The van der Waals surface area contributed by atoms with Crippen LogP contribution in [0.4, 0.5) is 5.69 Å². The largest absolute Gasteiger partial charge is 0.350 e. The topological polar surface area (TPSA) is 75.4 Å². The molecular formula is C28H30N6O2. The fourth-order valence-electron chi connectivity index (χ4n) is 5.94. The normalized spacial score (nSPS) is 16.7. The van der Waals surface area contributed by atoms with E-state index in [1.807, 2.05) is 73.9 Å². The molecule has 36 heavy (non-hydrogen) atoms. The summed E-state index contributed by atoms with van der Waals surface area (Å²) in [6, 6.07) is 16.0. The SMILES string of the molecule is Cc1nn(C)c(C)c1CNC(=O)Cn1c2c(c3ccccc31)CCN1C(=O)c3ccccc3N(C)C21. The van der Waals surface area contributed by atoms with Crippen molar-refractivity contribution < 1.29 is 9.59 Å². The van der Waals surface area contributed by atoms with Crippen LogP contribution in [-0.2, 0) is 31.4 Å². The van der Waals surface area contributed by atoms with Gasteiger partial charge in [-0.1, -0.05) is 30.3 Å². The van der Waals surface area contributed by atoms with E-state index < -0.39 is 0 Å². The minimum atomic E-state index is -0.265. The van der Waals surface area contributed by atoms with E-state index in [0.29, 0.717) is 13.1 Å². The molecule has 2 aromatic heterocycles. The number of nitrogens with one attached hydrogen (secondary N) is 1. The second-order valence-electron chi connectivity index (χ2n) is 9.77. The van der Waals surface area contributed by atoms with Crippen molar-refractivity contribution in [3.63, 3.8) is 0 Å². The van der Waals surface area contributed by atoms with E-state index >= 15 is 0 Å². The summed E-state index contributed by atoms with van der Waals surface area (Å²) in [5.74, 6) is -0.0216. The van der Waals surface area contributed by atoms with Gasteiger partial charge in [0.2, 0.25) is 5.91 Å². The summed E-state index contributed by atoms with van der Waals surface area (Å²) in [6.45, 7) is 5.25. The highest BCUT2D eigenvalue weighted by atomic mass is 16.2. The molecule has 184 valence electrons. The van der Waals surface area contributed by atoms with Crippen molar-refractivity contribution in [2.45, 2.75) is 39.5 Å². The van der Waals surface area contributed by atoms with Crippen LogP contribution < -0.4 is 10.2 Å². The number of amides is 2. The summed E-state index contributed by atoms with van der Waals surface area (Å²) in [7, 11) is 3.95. The Hall–Kier alpha value is -4.07. The van der Waals surface area contributed by atoms with Gasteiger partial charge < -0.3 is 19.7 Å². The second kappa shape index (κ2) is 8.26. The first-order chi connectivity index (χ1) is 17.4. The van der Waals surface area contributed by atoms with Crippen LogP contribution in [0.5, 0.6) is 0 Å². The monoisotopic (exact) mass is 482 g/mol. The van der Waals surface area contributed by atoms with Crippen LogP contribution in [0, 0.1) is 13.8 Å². The van der Waals surface area contributed by atoms with Gasteiger partial charge in [0, 0.05) is 49.3 Å². The Labute approximate surface area is 210 Å². The Morgan fingerprint density at radius 1 is 1.08 bits per heavy atom. The number of aryl methyl sites for hydroxylation is 2. The second-order valence-corrected chi connectivity index (χ2v) is 9.77. The third-order valence-corrected chi connectivity index (χ3v) is 7.83. The number of fused-ring (bicyclic) bond motifs is 6. The molecule has 0 saturated carbocycles. The zero-order chi connectivity index (χ0) is 25.1. The van der Waals surface area contributed by atoms with Gasteiger partial charge in [-0.25, -0.2) is 0 Å². The molecule has 4 heterocycles. The molecule has 0 spiro atoms. The maximum absolute atomic E-state index is 13.5. The number of hydrogen-bond acceptors (Lipinski definition) is 4. The maximum Gasteiger partial charge on any atom is 0.257 e. The number of carbonyl (C=O) groups is 2. The number of hydrogen-bond donors (Lipinski definition) is 1. The Balaban J connectivity index is 1.39. The van der Waals surface area contributed by atoms with E-state index in [1.54, 1.807) is 0 Å². The highest BCUT2D eigenvalue weighted by Crippen LogP contribution is 2.44. The van der Waals surface area contributed by atoms with Gasteiger partial charge in [0.1, 0.15) is 12.7 Å². The maximum atomic E-state index is 13.5. The summed E-state index contributed by atoms with van der Waals surface area (Å²) in [6.07, 6.45) is 0.496. The van der Waals surface area contributed by atoms with Crippen molar-refractivity contribution in [1.29, 1.82) is 0 Å². The zero-order valence-corrected chi connectivity index (χ0v) is 21.1. The minimum absolute atomic E-state index is 0.0446. The van der Waals surface area contributed by atoms with Gasteiger partial charge in [-0.2, -0.15) is 5.10 Å². The molecule has 8 heteroatoms. The van der Waals surface area contributed by atoms with Crippen LogP contribution in [0.1, 0.15) is 44.7 Å². The number of para-hydroxylation sites is 2. The van der Waals surface area contributed by atoms with Crippen LogP contribution in [0.15, 0.2) is 48.5 Å². The molecule has 1 unspecified atom stereocenters. The number of nitrogens with zero attached hydrogens (tertiary/aromatic N) is 5. The molecule has 0 radical (unpaired) electrons. The van der Waals surface area contributed by atoms with Gasteiger partial charge in [0.05, 0.1) is 22.6 Å². The van der Waals surface area contributed by atoms with Gasteiger partial charge in [0.15, 0.2) is 0 Å². The molecular weight excluding hydrogens is 452 g/mol. The molecule has 6 rings (SSSR count). The van der Waals surface area contributed by atoms with Gasteiger partial charge in [-0.3, -0.25) is 14.3 Å². The van der Waals surface area contributed by atoms with Crippen molar-refractivity contribution in [2.24, 2.45) is 7.05 Å². The highest BCUT2D eigenvalue weighted by Gasteiger charge is 2.42. The first kappa shape index (κ1) is 22.4. The summed E-state index contributed by atoms with van der Waals surface area (Å²) < 4.78 is 3.95. The molecule has 8 nitrogen and oxygen atoms in total. The van der Waals surface area contributed by atoms with Crippen LogP contribution in [0.25, 0.3) is 10.9 Å². The molecule has 2 aromatic carbocycles. The third-order valence-electron chi connectivity index (χ3n) is 7.83. The third kappa shape index (κ3) is 3.24. The molecule has 0 saturated heterocycles. The van der Waals surface area contributed by atoms with E-state index in [-0.39, 0.29) is 24.5 Å². The first-order valence-corrected chi connectivity index (χ1v) is 12.4. The van der Waals surface area contributed by atoms with E-state index in [9.17, 15) is 9.59 Å². The molecule has 2 amide bonds. The highest BCUT2D eigenvalue weighted by molar-refractivity contribution is 6.02. The fourth-order valence-corrected chi connectivity index (χ4v) is 5.94. The first-order valence-electron chi connectivity index (χ1n) is 12.4. The van der Waals surface area contributed by atoms with Gasteiger partial charge in [0.25, 0.3) is 5.91 Å². The van der Waals surface area contributed by atoms with Crippen LogP contribution in [0.3, 0.4) is 0 Å².